The van der Waals surface area contributed by atoms with Crippen LogP contribution in [0, 0.1) is 20.8 Å². The number of piperidine rings is 1. The van der Waals surface area contributed by atoms with E-state index in [0.717, 1.165) is 37.4 Å². The largest absolute Gasteiger partial charge is 0.361 e. The van der Waals surface area contributed by atoms with Crippen molar-refractivity contribution < 1.29 is 9.32 Å². The Morgan fingerprint density at radius 1 is 1.33 bits per heavy atom. The van der Waals surface area contributed by atoms with E-state index in [1.165, 1.54) is 0 Å². The van der Waals surface area contributed by atoms with Crippen LogP contribution < -0.4 is 4.90 Å². The number of pyridine rings is 1. The van der Waals surface area contributed by atoms with Crippen molar-refractivity contribution in [3.63, 3.8) is 0 Å². The van der Waals surface area contributed by atoms with Crippen molar-refractivity contribution in [1.29, 1.82) is 0 Å². The van der Waals surface area contributed by atoms with Gasteiger partial charge >= 0.3 is 0 Å². The Bertz CT molecular complexity index is 721. The Kier molecular flexibility index (Phi) is 4.55. The van der Waals surface area contributed by atoms with E-state index in [1.54, 1.807) is 13.8 Å². The Morgan fingerprint density at radius 3 is 2.79 bits per heavy atom. The van der Waals surface area contributed by atoms with Gasteiger partial charge in [-0.1, -0.05) is 11.2 Å². The third-order valence-electron chi connectivity index (χ3n) is 4.71. The first-order valence-corrected chi connectivity index (χ1v) is 8.36. The minimum atomic E-state index is -0.0182. The maximum Gasteiger partial charge on any atom is 0.259 e. The van der Waals surface area contributed by atoms with Crippen molar-refractivity contribution in [3.05, 3.63) is 40.9 Å². The van der Waals surface area contributed by atoms with Crippen molar-refractivity contribution in [1.82, 2.24) is 15.0 Å². The average molecular weight is 328 g/mol. The molecule has 1 saturated heterocycles. The van der Waals surface area contributed by atoms with Crippen LogP contribution in [0.2, 0.25) is 0 Å². The molecule has 0 saturated carbocycles. The van der Waals surface area contributed by atoms with Crippen LogP contribution in [0.5, 0.6) is 0 Å². The van der Waals surface area contributed by atoms with Crippen LogP contribution in [0.3, 0.4) is 0 Å². The Labute approximate surface area is 142 Å². The summed E-state index contributed by atoms with van der Waals surface area (Å²) in [5.74, 6) is 1.55. The van der Waals surface area contributed by atoms with E-state index in [2.05, 4.69) is 15.0 Å². The molecule has 0 aliphatic carbocycles. The first kappa shape index (κ1) is 16.5. The van der Waals surface area contributed by atoms with Gasteiger partial charge in [-0.25, -0.2) is 4.98 Å². The Balaban J connectivity index is 1.76. The highest BCUT2D eigenvalue weighted by molar-refractivity contribution is 5.96. The number of likely N-dealkylation sites (N-methyl/N-ethyl adjacent to an activating group) is 1. The van der Waals surface area contributed by atoms with Crippen molar-refractivity contribution in [2.75, 3.05) is 25.0 Å². The molecule has 3 rings (SSSR count). The van der Waals surface area contributed by atoms with Gasteiger partial charge in [0.15, 0.2) is 0 Å². The molecule has 1 fully saturated rings. The smallest absolute Gasteiger partial charge is 0.259 e. The molecule has 0 radical (unpaired) electrons. The van der Waals surface area contributed by atoms with Gasteiger partial charge in [0.2, 0.25) is 0 Å². The van der Waals surface area contributed by atoms with Crippen LogP contribution in [-0.2, 0) is 0 Å². The molecule has 128 valence electrons. The molecule has 6 heteroatoms. The zero-order chi connectivity index (χ0) is 17.3. The van der Waals surface area contributed by atoms with E-state index < -0.39 is 0 Å². The van der Waals surface area contributed by atoms with Crippen LogP contribution in [0.1, 0.15) is 40.3 Å². The molecule has 0 aromatic carbocycles. The van der Waals surface area contributed by atoms with Gasteiger partial charge < -0.3 is 14.3 Å². The number of nitrogens with zero attached hydrogens (tertiary/aromatic N) is 4. The Morgan fingerprint density at radius 2 is 2.12 bits per heavy atom. The highest BCUT2D eigenvalue weighted by Gasteiger charge is 2.30. The summed E-state index contributed by atoms with van der Waals surface area (Å²) in [6.07, 6.45) is 2.04. The van der Waals surface area contributed by atoms with Crippen molar-refractivity contribution in [3.8, 4) is 0 Å². The molecule has 2 aromatic heterocycles. The van der Waals surface area contributed by atoms with Crippen LogP contribution in [0.15, 0.2) is 22.7 Å². The second-order valence-electron chi connectivity index (χ2n) is 6.49. The maximum atomic E-state index is 12.8. The molecule has 0 spiro atoms. The molecule has 1 atom stereocenters. The lowest BCUT2D eigenvalue weighted by Gasteiger charge is -2.38. The third-order valence-corrected chi connectivity index (χ3v) is 4.71. The molecule has 1 aliphatic heterocycles. The van der Waals surface area contributed by atoms with Gasteiger partial charge in [0.05, 0.1) is 5.69 Å². The monoisotopic (exact) mass is 328 g/mol. The molecule has 0 bridgehead atoms. The predicted octanol–water partition coefficient (Wildman–Crippen LogP) is 2.74. The summed E-state index contributed by atoms with van der Waals surface area (Å²) in [4.78, 5) is 21.5. The lowest BCUT2D eigenvalue weighted by Crippen LogP contribution is -2.49. The van der Waals surface area contributed by atoms with Crippen molar-refractivity contribution in [2.45, 2.75) is 39.7 Å². The number of anilines is 1. The highest BCUT2D eigenvalue weighted by Crippen LogP contribution is 2.23. The Hall–Kier alpha value is -2.37. The van der Waals surface area contributed by atoms with Gasteiger partial charge in [-0.05, 0) is 45.7 Å². The molecule has 3 heterocycles. The summed E-state index contributed by atoms with van der Waals surface area (Å²) in [6.45, 7) is 7.35. The minimum absolute atomic E-state index is 0.0182. The van der Waals surface area contributed by atoms with Gasteiger partial charge in [-0.2, -0.15) is 0 Å². The summed E-state index contributed by atoms with van der Waals surface area (Å²) in [6, 6.07) is 6.21. The fourth-order valence-electron chi connectivity index (χ4n) is 3.31. The quantitative estimate of drug-likeness (QED) is 0.867. The van der Waals surface area contributed by atoms with Gasteiger partial charge in [-0.15, -0.1) is 0 Å². The van der Waals surface area contributed by atoms with E-state index in [0.29, 0.717) is 17.0 Å². The first-order chi connectivity index (χ1) is 11.5. The average Bonchev–Trinajstić information content (AvgIpc) is 2.92. The summed E-state index contributed by atoms with van der Waals surface area (Å²) in [5.41, 5.74) is 2.25. The molecule has 2 aromatic rings. The number of aryl methyl sites for hydroxylation is 3. The molecule has 6 nitrogen and oxygen atoms in total. The topological polar surface area (TPSA) is 62.5 Å². The molecule has 0 N–H and O–H groups in total. The summed E-state index contributed by atoms with van der Waals surface area (Å²) in [5, 5.41) is 3.89. The van der Waals surface area contributed by atoms with E-state index in [9.17, 15) is 4.79 Å². The van der Waals surface area contributed by atoms with E-state index >= 15 is 0 Å². The molecular weight excluding hydrogens is 304 g/mol. The molecule has 0 unspecified atom stereocenters. The number of hydrogen-bond donors (Lipinski definition) is 0. The number of hydrogen-bond acceptors (Lipinski definition) is 5. The minimum Gasteiger partial charge on any atom is -0.361 e. The van der Waals surface area contributed by atoms with Gasteiger partial charge in [0.25, 0.3) is 5.91 Å². The summed E-state index contributed by atoms with van der Waals surface area (Å²) in [7, 11) is 1.87. The fraction of sp³-hybridized carbons (Fsp3) is 0.500. The predicted molar refractivity (Wildman–Crippen MR) is 92.3 cm³/mol. The van der Waals surface area contributed by atoms with Crippen LogP contribution in [0.25, 0.3) is 0 Å². The second kappa shape index (κ2) is 6.63. The highest BCUT2D eigenvalue weighted by atomic mass is 16.5. The lowest BCUT2D eigenvalue weighted by atomic mass is 10.0. The zero-order valence-electron chi connectivity index (χ0n) is 14.7. The van der Waals surface area contributed by atoms with Gasteiger partial charge in [-0.3, -0.25) is 4.79 Å². The normalized spacial score (nSPS) is 17.8. The van der Waals surface area contributed by atoms with Gasteiger partial charge in [0.1, 0.15) is 17.1 Å². The molecular formula is C18H24N4O2. The standard InChI is InChI=1S/C18H24N4O2/c1-12-7-5-9-16(19-12)22-10-6-8-15(11-22)21(4)18(23)17-13(2)20-24-14(17)3/h5,7,9,15H,6,8,10-11H2,1-4H3/t15-/m1/s1. The van der Waals surface area contributed by atoms with Crippen molar-refractivity contribution >= 4 is 11.7 Å². The van der Waals surface area contributed by atoms with Crippen LogP contribution >= 0.6 is 0 Å². The summed E-state index contributed by atoms with van der Waals surface area (Å²) >= 11 is 0. The first-order valence-electron chi connectivity index (χ1n) is 8.36. The third kappa shape index (κ3) is 3.13. The summed E-state index contributed by atoms with van der Waals surface area (Å²) < 4.78 is 5.14. The lowest BCUT2D eigenvalue weighted by molar-refractivity contribution is 0.0715. The zero-order valence-corrected chi connectivity index (χ0v) is 14.7. The van der Waals surface area contributed by atoms with E-state index in [4.69, 9.17) is 4.52 Å². The number of amides is 1. The molecule has 24 heavy (non-hydrogen) atoms. The van der Waals surface area contributed by atoms with E-state index in [1.807, 2.05) is 37.1 Å². The molecule has 1 aliphatic rings. The van der Waals surface area contributed by atoms with Crippen molar-refractivity contribution in [2.24, 2.45) is 0 Å². The number of aromatic nitrogens is 2. The number of rotatable bonds is 3. The SMILES string of the molecule is Cc1cccc(N2CCC[C@@H](N(C)C(=O)c3c(C)noc3C)C2)n1. The fourth-order valence-corrected chi connectivity index (χ4v) is 3.31. The number of carbonyl (C=O) groups is 1. The van der Waals surface area contributed by atoms with E-state index in [-0.39, 0.29) is 11.9 Å². The molecule has 1 amide bonds. The van der Waals surface area contributed by atoms with Crippen LogP contribution in [0.4, 0.5) is 5.82 Å². The van der Waals surface area contributed by atoms with Crippen LogP contribution in [-0.4, -0.2) is 47.1 Å². The second-order valence-corrected chi connectivity index (χ2v) is 6.49. The van der Waals surface area contributed by atoms with Gasteiger partial charge in [0, 0.05) is 31.9 Å². The maximum absolute atomic E-state index is 12.8. The number of carbonyl (C=O) groups excluding carboxylic acids is 1.